The molecule has 0 aromatic rings. The third kappa shape index (κ3) is 73.1. The lowest BCUT2D eigenvalue weighted by Crippen LogP contribution is -2.45. The molecule has 0 aliphatic carbocycles. The van der Waals surface area contributed by atoms with E-state index in [1.165, 1.54) is 148 Å². The lowest BCUT2D eigenvalue weighted by molar-refractivity contribution is -0.870. The summed E-state index contributed by atoms with van der Waals surface area (Å²) < 4.78 is 23.4. The molecular formula is C82H139N2O6P. The molecule has 2 N–H and O–H groups in total. The number of likely N-dealkylation sites (N-methyl/N-ethyl adjacent to an activating group) is 1. The molecule has 91 heavy (non-hydrogen) atoms. The maximum Gasteiger partial charge on any atom is 0.268 e. The van der Waals surface area contributed by atoms with Crippen LogP contribution in [0.4, 0.5) is 0 Å². The second kappa shape index (κ2) is 70.2. The van der Waals surface area contributed by atoms with E-state index in [2.05, 4.69) is 177 Å². The number of nitrogens with zero attached hydrogens (tertiary/aromatic N) is 1. The molecule has 0 saturated heterocycles. The molecule has 0 aliphatic rings. The summed E-state index contributed by atoms with van der Waals surface area (Å²) in [5.41, 5.74) is 0. The molecule has 0 aromatic carbocycles. The number of rotatable bonds is 66. The summed E-state index contributed by atoms with van der Waals surface area (Å²) in [5.74, 6) is -0.248. The number of allylic oxidation sites excluding steroid dienone is 27. The van der Waals surface area contributed by atoms with E-state index in [0.717, 1.165) is 109 Å². The van der Waals surface area contributed by atoms with Gasteiger partial charge in [-0.25, -0.2) is 0 Å². The molecule has 518 valence electrons. The lowest BCUT2D eigenvalue weighted by Gasteiger charge is -2.29. The summed E-state index contributed by atoms with van der Waals surface area (Å²) >= 11 is 0. The second-order valence-electron chi connectivity index (χ2n) is 25.5. The van der Waals surface area contributed by atoms with Gasteiger partial charge in [-0.3, -0.25) is 9.36 Å². The predicted octanol–water partition coefficient (Wildman–Crippen LogP) is 23.6. The normalized spacial score (nSPS) is 14.6. The monoisotopic (exact) mass is 1280 g/mol. The van der Waals surface area contributed by atoms with Crippen molar-refractivity contribution in [3.8, 4) is 0 Å². The smallest absolute Gasteiger partial charge is 0.268 e. The van der Waals surface area contributed by atoms with Gasteiger partial charge in [0.05, 0.1) is 39.9 Å². The van der Waals surface area contributed by atoms with Gasteiger partial charge in [0.25, 0.3) is 7.82 Å². The standard InChI is InChI=1S/C82H139N2O6P/c1-6-8-10-12-14-16-18-20-22-24-26-28-30-32-34-36-38-40-41-42-43-44-46-48-50-52-54-56-58-60-62-64-66-68-70-72-74-76-82(86)83-80(79-90-91(87,88)89-78-77-84(3,4)5)81(85)75-73-71-69-67-65-63-61-59-57-55-53-51-49-47-45-39-37-35-33-31-29-27-25-23-21-19-17-15-13-11-9-7-2/h8,10,14,16,20,22,26,28,32,34,38,40,42-43,46,48,52,54,57-60,64-67,73,75,80-81,85H,6-7,9,11-13,15,17-19,21,23-25,27,29-31,33,35-37,39,41,44-45,47,49-51,53,55-56,61-63,68-72,74,76-79H2,1-5H3,(H-,83,86,87,88)/b10-8-,16-14-,22-20-,28-26-,34-32-,40-38-,43-42-,48-46-,54-52-,59-57+,60-58-,66-64-,67-65+,75-73+. The first kappa shape index (κ1) is 86.9. The van der Waals surface area contributed by atoms with Crippen LogP contribution in [0.15, 0.2) is 170 Å². The minimum absolute atomic E-state index is 0.0252. The highest BCUT2D eigenvalue weighted by Crippen LogP contribution is 2.38. The van der Waals surface area contributed by atoms with E-state index in [1.54, 1.807) is 6.08 Å². The number of aliphatic hydroxyl groups excluding tert-OH is 1. The van der Waals surface area contributed by atoms with Crippen LogP contribution in [0, 0.1) is 0 Å². The average Bonchev–Trinajstić information content (AvgIpc) is 3.42. The topological polar surface area (TPSA) is 108 Å². The molecule has 3 atom stereocenters. The number of quaternary nitrogens is 1. The Morgan fingerprint density at radius 1 is 0.396 bits per heavy atom. The first-order valence-corrected chi connectivity index (χ1v) is 38.5. The number of unbranched alkanes of at least 4 members (excludes halogenated alkanes) is 27. The van der Waals surface area contributed by atoms with Gasteiger partial charge in [-0.15, -0.1) is 0 Å². The van der Waals surface area contributed by atoms with Gasteiger partial charge < -0.3 is 28.8 Å². The SMILES string of the molecule is CC/C=C\C/C=C\C/C=C\C/C=C\C/C=C\C/C=C\C/C=C\C/C=C\C/C=C\C/C=C\C/C=C\CCCCCC(=O)NC(COP(=O)([O-])OCC[N+](C)(C)C)C(O)/C=C/CC/C=C/CC/C=C/CCCCCCCCCCCCCCCCCCCCCCCC. The molecule has 8 nitrogen and oxygen atoms in total. The van der Waals surface area contributed by atoms with Crippen LogP contribution in [0.3, 0.4) is 0 Å². The molecule has 3 unspecified atom stereocenters. The molecule has 0 radical (unpaired) electrons. The van der Waals surface area contributed by atoms with Crippen molar-refractivity contribution >= 4 is 13.7 Å². The molecule has 0 aliphatic heterocycles. The second-order valence-corrected chi connectivity index (χ2v) is 27.0. The first-order chi connectivity index (χ1) is 44.5. The quantitative estimate of drug-likeness (QED) is 0.0272. The van der Waals surface area contributed by atoms with Crippen LogP contribution in [-0.4, -0.2) is 68.5 Å². The van der Waals surface area contributed by atoms with Crippen molar-refractivity contribution in [2.45, 2.75) is 302 Å². The van der Waals surface area contributed by atoms with Gasteiger partial charge in [0, 0.05) is 6.42 Å². The van der Waals surface area contributed by atoms with Crippen molar-refractivity contribution in [1.82, 2.24) is 5.32 Å². The fourth-order valence-electron chi connectivity index (χ4n) is 9.96. The Kier molecular flexibility index (Phi) is 67.0. The van der Waals surface area contributed by atoms with Gasteiger partial charge in [-0.2, -0.15) is 0 Å². The molecular weight excluding hydrogens is 1140 g/mol. The molecule has 1 amide bonds. The Hall–Kier alpha value is -4.14. The Morgan fingerprint density at radius 2 is 0.681 bits per heavy atom. The Bertz CT molecular complexity index is 2090. The van der Waals surface area contributed by atoms with Gasteiger partial charge in [0.15, 0.2) is 0 Å². The number of phosphoric acid groups is 1. The van der Waals surface area contributed by atoms with E-state index in [0.29, 0.717) is 23.9 Å². The summed E-state index contributed by atoms with van der Waals surface area (Å²) in [6.07, 6.45) is 111. The molecule has 0 aromatic heterocycles. The van der Waals surface area contributed by atoms with Gasteiger partial charge in [-0.05, 0) is 128 Å². The first-order valence-electron chi connectivity index (χ1n) is 37.0. The highest BCUT2D eigenvalue weighted by molar-refractivity contribution is 7.45. The van der Waals surface area contributed by atoms with Crippen LogP contribution in [0.25, 0.3) is 0 Å². The van der Waals surface area contributed by atoms with E-state index >= 15 is 0 Å². The maximum atomic E-state index is 13.0. The lowest BCUT2D eigenvalue weighted by atomic mass is 10.0. The van der Waals surface area contributed by atoms with Crippen LogP contribution in [-0.2, 0) is 18.4 Å². The van der Waals surface area contributed by atoms with Gasteiger partial charge in [-0.1, -0.05) is 325 Å². The fraction of sp³-hybridized carbons (Fsp3) is 0.646. The number of nitrogens with one attached hydrogen (secondary N) is 1. The molecule has 0 fully saturated rings. The van der Waals surface area contributed by atoms with E-state index in [1.807, 2.05) is 27.2 Å². The number of hydrogen-bond acceptors (Lipinski definition) is 6. The van der Waals surface area contributed by atoms with Crippen LogP contribution < -0.4 is 10.2 Å². The van der Waals surface area contributed by atoms with Gasteiger partial charge in [0.1, 0.15) is 13.2 Å². The van der Waals surface area contributed by atoms with Crippen LogP contribution in [0.2, 0.25) is 0 Å². The zero-order valence-electron chi connectivity index (χ0n) is 59.2. The van der Waals surface area contributed by atoms with Gasteiger partial charge in [0.2, 0.25) is 5.91 Å². The number of carbonyl (C=O) groups is 1. The predicted molar refractivity (Wildman–Crippen MR) is 398 cm³/mol. The van der Waals surface area contributed by atoms with Crippen molar-refractivity contribution in [3.63, 3.8) is 0 Å². The Morgan fingerprint density at radius 3 is 1.02 bits per heavy atom. The van der Waals surface area contributed by atoms with E-state index in [4.69, 9.17) is 9.05 Å². The minimum atomic E-state index is -4.64. The van der Waals surface area contributed by atoms with Crippen molar-refractivity contribution < 1.29 is 32.9 Å². The van der Waals surface area contributed by atoms with Crippen molar-refractivity contribution in [3.05, 3.63) is 170 Å². The molecule has 0 bridgehead atoms. The third-order valence-corrected chi connectivity index (χ3v) is 16.6. The minimum Gasteiger partial charge on any atom is -0.756 e. The number of phosphoric ester groups is 1. The molecule has 0 heterocycles. The van der Waals surface area contributed by atoms with E-state index in [-0.39, 0.29) is 18.9 Å². The number of hydrogen-bond donors (Lipinski definition) is 2. The fourth-order valence-corrected chi connectivity index (χ4v) is 10.7. The largest absolute Gasteiger partial charge is 0.756 e. The summed E-state index contributed by atoms with van der Waals surface area (Å²) in [4.78, 5) is 25.6. The van der Waals surface area contributed by atoms with Crippen molar-refractivity contribution in [1.29, 1.82) is 0 Å². The highest BCUT2D eigenvalue weighted by Gasteiger charge is 2.23. The molecule has 0 rings (SSSR count). The summed E-state index contributed by atoms with van der Waals surface area (Å²) in [7, 11) is 1.19. The molecule has 9 heteroatoms. The highest BCUT2D eigenvalue weighted by atomic mass is 31.2. The summed E-state index contributed by atoms with van der Waals surface area (Å²) in [5, 5.41) is 13.9. The van der Waals surface area contributed by atoms with E-state index < -0.39 is 26.6 Å². The molecule has 0 spiro atoms. The Labute approximate surface area is 562 Å². The zero-order valence-corrected chi connectivity index (χ0v) is 60.1. The zero-order chi connectivity index (χ0) is 66.2. The summed E-state index contributed by atoms with van der Waals surface area (Å²) in [6.45, 7) is 4.48. The van der Waals surface area contributed by atoms with Gasteiger partial charge >= 0.3 is 0 Å². The van der Waals surface area contributed by atoms with Crippen molar-refractivity contribution in [2.75, 3.05) is 40.9 Å². The number of aliphatic hydroxyl groups is 1. The number of amides is 1. The van der Waals surface area contributed by atoms with Crippen LogP contribution in [0.1, 0.15) is 290 Å². The average molecular weight is 1280 g/mol. The molecule has 0 saturated carbocycles. The van der Waals surface area contributed by atoms with Crippen LogP contribution in [0.5, 0.6) is 0 Å². The van der Waals surface area contributed by atoms with Crippen molar-refractivity contribution in [2.24, 2.45) is 0 Å². The van der Waals surface area contributed by atoms with Crippen LogP contribution >= 0.6 is 7.82 Å². The Balaban J connectivity index is 4.25. The maximum absolute atomic E-state index is 13.0. The van der Waals surface area contributed by atoms with E-state index in [9.17, 15) is 19.4 Å². The number of carbonyl (C=O) groups excluding carboxylic acids is 1. The third-order valence-electron chi connectivity index (χ3n) is 15.6. The summed E-state index contributed by atoms with van der Waals surface area (Å²) in [6, 6.07) is -0.944.